The van der Waals surface area contributed by atoms with Crippen molar-refractivity contribution < 1.29 is 14.4 Å². The number of halogens is 1. The number of benzene rings is 1. The van der Waals surface area contributed by atoms with Crippen LogP contribution in [0.15, 0.2) is 33.3 Å². The predicted octanol–water partition coefficient (Wildman–Crippen LogP) is 3.11. The molecule has 0 aliphatic carbocycles. The van der Waals surface area contributed by atoms with Gasteiger partial charge in [0, 0.05) is 4.47 Å². The first-order valence-corrected chi connectivity index (χ1v) is 5.34. The zero-order valence-electron chi connectivity index (χ0n) is 8.40. The average Bonchev–Trinajstić information content (AvgIpc) is 2.60. The Kier molecular flexibility index (Phi) is 2.78. The monoisotopic (exact) mass is 281 g/mol. The second-order valence-electron chi connectivity index (χ2n) is 3.28. The standard InChI is InChI=1S/C11H8BrNO3/c1-6-9(10(11(14)15)13-16-6)7-3-2-4-8(12)5-7/h2-5H,1H3,(H,14,15). The molecular weight excluding hydrogens is 274 g/mol. The van der Waals surface area contributed by atoms with Crippen LogP contribution in [0.5, 0.6) is 0 Å². The van der Waals surface area contributed by atoms with Gasteiger partial charge < -0.3 is 9.63 Å². The number of nitrogens with zero attached hydrogens (tertiary/aromatic N) is 1. The maximum Gasteiger partial charge on any atom is 0.358 e. The molecule has 0 fully saturated rings. The van der Waals surface area contributed by atoms with Crippen molar-refractivity contribution >= 4 is 21.9 Å². The quantitative estimate of drug-likeness (QED) is 0.919. The highest BCUT2D eigenvalue weighted by Gasteiger charge is 2.20. The number of carboxylic acids is 1. The first kappa shape index (κ1) is 10.9. The molecule has 5 heteroatoms. The number of hydrogen-bond acceptors (Lipinski definition) is 3. The molecule has 0 radical (unpaired) electrons. The summed E-state index contributed by atoms with van der Waals surface area (Å²) in [6.45, 7) is 1.69. The molecule has 1 aromatic heterocycles. The lowest BCUT2D eigenvalue weighted by Gasteiger charge is -2.00. The summed E-state index contributed by atoms with van der Waals surface area (Å²) < 4.78 is 5.78. The Bertz CT molecular complexity index is 548. The van der Waals surface area contributed by atoms with Crippen LogP contribution in [0.4, 0.5) is 0 Å². The van der Waals surface area contributed by atoms with Crippen LogP contribution in [0.3, 0.4) is 0 Å². The molecule has 82 valence electrons. The van der Waals surface area contributed by atoms with E-state index in [2.05, 4.69) is 21.1 Å². The SMILES string of the molecule is Cc1onc(C(=O)O)c1-c1cccc(Br)c1. The van der Waals surface area contributed by atoms with E-state index in [9.17, 15) is 4.79 Å². The van der Waals surface area contributed by atoms with Crippen molar-refractivity contribution in [2.75, 3.05) is 0 Å². The molecule has 2 rings (SSSR count). The van der Waals surface area contributed by atoms with Crippen LogP contribution in [0.1, 0.15) is 16.2 Å². The number of hydrogen-bond donors (Lipinski definition) is 1. The summed E-state index contributed by atoms with van der Waals surface area (Å²) in [6, 6.07) is 7.34. The molecule has 0 unspecified atom stereocenters. The van der Waals surface area contributed by atoms with E-state index in [1.807, 2.05) is 24.3 Å². The molecule has 0 saturated carbocycles. The number of carboxylic acid groups (broad SMARTS) is 1. The van der Waals surface area contributed by atoms with E-state index in [1.165, 1.54) is 0 Å². The van der Waals surface area contributed by atoms with Crippen LogP contribution >= 0.6 is 15.9 Å². The van der Waals surface area contributed by atoms with Crippen molar-refractivity contribution in [3.05, 3.63) is 40.2 Å². The Morgan fingerprint density at radius 3 is 2.88 bits per heavy atom. The average molecular weight is 282 g/mol. The Morgan fingerprint density at radius 2 is 2.25 bits per heavy atom. The van der Waals surface area contributed by atoms with Gasteiger partial charge in [-0.3, -0.25) is 0 Å². The van der Waals surface area contributed by atoms with E-state index in [0.717, 1.165) is 10.0 Å². The Morgan fingerprint density at radius 1 is 1.50 bits per heavy atom. The van der Waals surface area contributed by atoms with Gasteiger partial charge in [0.25, 0.3) is 0 Å². The van der Waals surface area contributed by atoms with Crippen LogP contribution in [0.2, 0.25) is 0 Å². The summed E-state index contributed by atoms with van der Waals surface area (Å²) in [5.41, 5.74) is 1.23. The van der Waals surface area contributed by atoms with E-state index in [0.29, 0.717) is 11.3 Å². The number of aromatic nitrogens is 1. The molecule has 0 aliphatic heterocycles. The van der Waals surface area contributed by atoms with Gasteiger partial charge in [-0.1, -0.05) is 33.2 Å². The Balaban J connectivity index is 2.63. The van der Waals surface area contributed by atoms with Gasteiger partial charge in [-0.25, -0.2) is 4.79 Å². The molecule has 0 saturated heterocycles. The second kappa shape index (κ2) is 4.09. The fraction of sp³-hybridized carbons (Fsp3) is 0.0909. The Hall–Kier alpha value is -1.62. The van der Waals surface area contributed by atoms with Crippen LogP contribution in [0, 0.1) is 6.92 Å². The van der Waals surface area contributed by atoms with Gasteiger partial charge in [0.1, 0.15) is 5.76 Å². The topological polar surface area (TPSA) is 63.3 Å². The van der Waals surface area contributed by atoms with Crippen LogP contribution < -0.4 is 0 Å². The molecule has 0 aliphatic rings. The van der Waals surface area contributed by atoms with Crippen LogP contribution in [-0.2, 0) is 0 Å². The molecular formula is C11H8BrNO3. The largest absolute Gasteiger partial charge is 0.476 e. The van der Waals surface area contributed by atoms with Gasteiger partial charge in [0.05, 0.1) is 5.56 Å². The number of rotatable bonds is 2. The fourth-order valence-corrected chi connectivity index (χ4v) is 1.90. The predicted molar refractivity (Wildman–Crippen MR) is 61.3 cm³/mol. The normalized spacial score (nSPS) is 10.4. The summed E-state index contributed by atoms with van der Waals surface area (Å²) >= 11 is 3.34. The number of aryl methyl sites for hydroxylation is 1. The lowest BCUT2D eigenvalue weighted by atomic mass is 10.0. The minimum absolute atomic E-state index is 0.0596. The minimum atomic E-state index is -1.09. The molecule has 2 aromatic rings. The number of carbonyl (C=O) groups is 1. The fourth-order valence-electron chi connectivity index (χ4n) is 1.50. The highest BCUT2D eigenvalue weighted by molar-refractivity contribution is 9.10. The van der Waals surface area contributed by atoms with E-state index in [-0.39, 0.29) is 5.69 Å². The molecule has 1 N–H and O–H groups in total. The summed E-state index contributed by atoms with van der Waals surface area (Å²) in [4.78, 5) is 11.0. The third kappa shape index (κ3) is 1.86. The zero-order chi connectivity index (χ0) is 11.7. The molecule has 4 nitrogen and oxygen atoms in total. The van der Waals surface area contributed by atoms with Crippen molar-refractivity contribution in [2.45, 2.75) is 6.92 Å². The zero-order valence-corrected chi connectivity index (χ0v) is 9.98. The number of aromatic carboxylic acids is 1. The summed E-state index contributed by atoms with van der Waals surface area (Å²) in [6.07, 6.45) is 0. The van der Waals surface area contributed by atoms with Crippen molar-refractivity contribution in [3.63, 3.8) is 0 Å². The van der Waals surface area contributed by atoms with Gasteiger partial charge in [0.2, 0.25) is 0 Å². The summed E-state index contributed by atoms with van der Waals surface area (Å²) in [5, 5.41) is 12.5. The van der Waals surface area contributed by atoms with E-state index >= 15 is 0 Å². The van der Waals surface area contributed by atoms with Crippen LogP contribution in [0.25, 0.3) is 11.1 Å². The van der Waals surface area contributed by atoms with Gasteiger partial charge in [-0.15, -0.1) is 0 Å². The van der Waals surface area contributed by atoms with Gasteiger partial charge in [0.15, 0.2) is 5.69 Å². The molecule has 1 aromatic carbocycles. The summed E-state index contributed by atoms with van der Waals surface area (Å²) in [5.74, 6) is -0.595. The molecule has 1 heterocycles. The third-order valence-electron chi connectivity index (χ3n) is 2.18. The molecule has 0 atom stereocenters. The smallest absolute Gasteiger partial charge is 0.358 e. The lowest BCUT2D eigenvalue weighted by Crippen LogP contribution is -1.99. The van der Waals surface area contributed by atoms with Crippen molar-refractivity contribution in [1.29, 1.82) is 0 Å². The van der Waals surface area contributed by atoms with Gasteiger partial charge in [-0.05, 0) is 24.6 Å². The molecule has 0 spiro atoms. The highest BCUT2D eigenvalue weighted by atomic mass is 79.9. The van der Waals surface area contributed by atoms with Crippen LogP contribution in [-0.4, -0.2) is 16.2 Å². The minimum Gasteiger partial charge on any atom is -0.476 e. The van der Waals surface area contributed by atoms with Crippen molar-refractivity contribution in [1.82, 2.24) is 5.16 Å². The molecule has 0 amide bonds. The maximum atomic E-state index is 11.0. The van der Waals surface area contributed by atoms with Gasteiger partial charge in [-0.2, -0.15) is 0 Å². The lowest BCUT2D eigenvalue weighted by molar-refractivity contribution is 0.0686. The third-order valence-corrected chi connectivity index (χ3v) is 2.67. The Labute approximate surface area is 100 Å². The van der Waals surface area contributed by atoms with Crippen molar-refractivity contribution in [2.24, 2.45) is 0 Å². The first-order valence-electron chi connectivity index (χ1n) is 4.55. The molecule has 0 bridgehead atoms. The van der Waals surface area contributed by atoms with E-state index < -0.39 is 5.97 Å². The first-order chi connectivity index (χ1) is 7.59. The van der Waals surface area contributed by atoms with Gasteiger partial charge >= 0.3 is 5.97 Å². The van der Waals surface area contributed by atoms with E-state index in [1.54, 1.807) is 6.92 Å². The van der Waals surface area contributed by atoms with Crippen molar-refractivity contribution in [3.8, 4) is 11.1 Å². The second-order valence-corrected chi connectivity index (χ2v) is 4.19. The summed E-state index contributed by atoms with van der Waals surface area (Å²) in [7, 11) is 0. The maximum absolute atomic E-state index is 11.0. The highest BCUT2D eigenvalue weighted by Crippen LogP contribution is 2.29. The van der Waals surface area contributed by atoms with E-state index in [4.69, 9.17) is 9.63 Å². The molecule has 16 heavy (non-hydrogen) atoms.